The first-order valence-electron chi connectivity index (χ1n) is 9.73. The van der Waals surface area contributed by atoms with E-state index in [4.69, 9.17) is 0 Å². The molecular weight excluding hydrogens is 489 g/mol. The summed E-state index contributed by atoms with van der Waals surface area (Å²) in [4.78, 5) is 0. The average Bonchev–Trinajstić information content (AvgIpc) is 2.59. The molecule has 0 saturated heterocycles. The summed E-state index contributed by atoms with van der Waals surface area (Å²) < 4.78 is 0. The summed E-state index contributed by atoms with van der Waals surface area (Å²) in [5, 5.41) is 2.53. The van der Waals surface area contributed by atoms with Gasteiger partial charge in [-0.3, -0.25) is 0 Å². The van der Waals surface area contributed by atoms with Crippen LogP contribution >= 0.6 is 31.7 Å². The Morgan fingerprint density at radius 2 is 0.963 bits per heavy atom. The molecule has 0 amide bonds. The van der Waals surface area contributed by atoms with Gasteiger partial charge in [-0.05, 0) is 31.7 Å². The first-order chi connectivity index (χ1) is 12.2. The Morgan fingerprint density at radius 3 is 1.30 bits per heavy atom. The van der Waals surface area contributed by atoms with E-state index >= 15 is 0 Å². The van der Waals surface area contributed by atoms with Crippen molar-refractivity contribution in [3.05, 3.63) is 48.5 Å². The Morgan fingerprint density at radius 1 is 0.593 bits per heavy atom. The van der Waals surface area contributed by atoms with Crippen LogP contribution in [0.25, 0.3) is 10.8 Å². The van der Waals surface area contributed by atoms with E-state index in [1.165, 1.54) is 35.4 Å². The van der Waals surface area contributed by atoms with Crippen LogP contribution in [0.4, 0.5) is 0 Å². The van der Waals surface area contributed by atoms with Crippen molar-refractivity contribution in [2.45, 2.75) is 0 Å². The molecule has 5 heteroatoms. The van der Waals surface area contributed by atoms with Gasteiger partial charge in [0.15, 0.2) is 0 Å². The monoisotopic (exact) mass is 534 g/mol. The van der Waals surface area contributed by atoms with Crippen molar-refractivity contribution in [3.8, 4) is 0 Å². The molecule has 0 N–H and O–H groups in total. The molecule has 0 atom stereocenters. The number of benzene rings is 2. The molecule has 0 heterocycles. The zero-order chi connectivity index (χ0) is 19.9. The summed E-state index contributed by atoms with van der Waals surface area (Å²) in [5.41, 5.74) is 0. The molecule has 2 rings (SSSR count). The molecule has 0 unspecified atom stereocenters. The SMILES string of the molecule is C[PH+](C)CC[PH+](C)C.C[PH+](C)CC[PH+](C)C.[RuH+].[c-]1ccc2ccccc2c1. The third kappa shape index (κ3) is 20.1. The van der Waals surface area contributed by atoms with Gasteiger partial charge in [0.1, 0.15) is 0 Å². The predicted octanol–water partition coefficient (Wildman–Crippen LogP) is 6.24. The first kappa shape index (κ1) is 30.2. The minimum absolute atomic E-state index is 0. The molecule has 0 aliphatic carbocycles. The van der Waals surface area contributed by atoms with Crippen molar-refractivity contribution in [3.63, 3.8) is 0 Å². The Labute approximate surface area is 187 Å². The topological polar surface area (TPSA) is 0 Å². The summed E-state index contributed by atoms with van der Waals surface area (Å²) in [6, 6.07) is 17.3. The molecule has 0 aliphatic rings. The van der Waals surface area contributed by atoms with Crippen molar-refractivity contribution in [1.29, 1.82) is 0 Å². The van der Waals surface area contributed by atoms with Gasteiger partial charge in [0.05, 0.1) is 24.6 Å². The minimum Gasteiger partial charge on any atom is -0.183 e. The standard InChI is InChI=1S/C10H7.2C6H16P2.Ru.H/c1-2-6-10-8-4-3-7-9(10)5-1;2*1-7(2)5-6-8(3)4;;/h1-3,5-8H;2*5-6H2,1-4H3;;/q-1;;;+1;/p+4. The van der Waals surface area contributed by atoms with Crippen molar-refractivity contribution < 1.29 is 19.5 Å². The maximum absolute atomic E-state index is 3.04. The smallest absolute Gasteiger partial charge is 0.0648 e. The van der Waals surface area contributed by atoms with Crippen molar-refractivity contribution >= 4 is 42.5 Å². The van der Waals surface area contributed by atoms with Crippen LogP contribution in [-0.2, 0) is 19.5 Å². The van der Waals surface area contributed by atoms with Crippen LogP contribution in [0.1, 0.15) is 0 Å². The van der Waals surface area contributed by atoms with E-state index in [0.717, 1.165) is 0 Å². The van der Waals surface area contributed by atoms with Gasteiger partial charge < -0.3 is 0 Å². The molecule has 0 aliphatic heterocycles. The quantitative estimate of drug-likeness (QED) is 0.234. The fourth-order valence-corrected chi connectivity index (χ4v) is 10.1. The number of hydrogen-bond acceptors (Lipinski definition) is 0. The molecule has 0 bridgehead atoms. The van der Waals surface area contributed by atoms with Gasteiger partial charge in [-0.15, -0.1) is 16.8 Å². The van der Waals surface area contributed by atoms with Crippen molar-refractivity contribution in [2.75, 3.05) is 78.0 Å². The first-order valence-corrected chi connectivity index (χ1v) is 20.6. The molecule has 2 aromatic carbocycles. The van der Waals surface area contributed by atoms with Gasteiger partial charge in [-0.1, -0.05) is 18.2 Å². The van der Waals surface area contributed by atoms with E-state index in [1.807, 2.05) is 24.3 Å². The summed E-state index contributed by atoms with van der Waals surface area (Å²) in [6.45, 7) is 19.2. The molecule has 2 aromatic rings. The van der Waals surface area contributed by atoms with Crippen molar-refractivity contribution in [1.82, 2.24) is 0 Å². The zero-order valence-electron chi connectivity index (χ0n) is 18.7. The fraction of sp³-hybridized carbons (Fsp3) is 0.545. The van der Waals surface area contributed by atoms with Gasteiger partial charge in [0.25, 0.3) is 0 Å². The van der Waals surface area contributed by atoms with Gasteiger partial charge in [0, 0.05) is 53.3 Å². The normalized spacial score (nSPS) is 10.4. The van der Waals surface area contributed by atoms with Crippen molar-refractivity contribution in [2.24, 2.45) is 0 Å². The Kier molecular flexibility index (Phi) is 21.3. The molecule has 0 fully saturated rings. The van der Waals surface area contributed by atoms with Gasteiger partial charge in [-0.25, -0.2) is 0 Å². The van der Waals surface area contributed by atoms with Crippen LogP contribution in [0.2, 0.25) is 0 Å². The van der Waals surface area contributed by atoms with Crippen LogP contribution in [0.15, 0.2) is 42.5 Å². The Balaban J connectivity index is 0. The fourth-order valence-electron chi connectivity index (χ4n) is 2.07. The predicted molar refractivity (Wildman–Crippen MR) is 144 cm³/mol. The zero-order valence-corrected chi connectivity index (χ0v) is 24.6. The maximum atomic E-state index is 3.04. The van der Waals surface area contributed by atoms with Gasteiger partial charge >= 0.3 is 19.5 Å². The second-order valence-corrected chi connectivity index (χ2v) is 19.8. The molecule has 1 radical (unpaired) electrons. The van der Waals surface area contributed by atoms with E-state index in [1.54, 1.807) is 0 Å². The molecule has 27 heavy (non-hydrogen) atoms. The maximum Gasteiger partial charge on any atom is -0.0648 e. The van der Waals surface area contributed by atoms with Gasteiger partial charge in [-0.2, -0.15) is 24.3 Å². The third-order valence-electron chi connectivity index (χ3n) is 3.84. The Bertz CT molecular complexity index is 474. The molecule has 0 nitrogen and oxygen atoms in total. The third-order valence-corrected chi connectivity index (χ3v) is 9.84. The van der Waals surface area contributed by atoms with Gasteiger partial charge in [0.2, 0.25) is 0 Å². The number of fused-ring (bicyclic) bond motifs is 1. The second kappa shape index (κ2) is 19.0. The van der Waals surface area contributed by atoms with E-state index in [9.17, 15) is 0 Å². The number of hydrogen-bond donors (Lipinski definition) is 0. The molecule has 0 saturated carbocycles. The molecule has 156 valence electrons. The molecular formula is C22H44P4Ru+4. The van der Waals surface area contributed by atoms with E-state index in [2.05, 4.69) is 77.6 Å². The van der Waals surface area contributed by atoms with E-state index in [-0.39, 0.29) is 51.2 Å². The average molecular weight is 534 g/mol. The molecule has 0 aromatic heterocycles. The van der Waals surface area contributed by atoms with Crippen LogP contribution < -0.4 is 0 Å². The molecule has 0 spiro atoms. The summed E-state index contributed by atoms with van der Waals surface area (Å²) in [5.74, 6) is 0. The van der Waals surface area contributed by atoms with E-state index < -0.39 is 0 Å². The largest absolute Gasteiger partial charge is 0.183 e. The van der Waals surface area contributed by atoms with Crippen LogP contribution in [0, 0.1) is 6.07 Å². The second-order valence-electron chi connectivity index (χ2n) is 8.10. The van der Waals surface area contributed by atoms with Crippen LogP contribution in [-0.4, -0.2) is 78.0 Å². The van der Waals surface area contributed by atoms with Crippen LogP contribution in [0.5, 0.6) is 0 Å². The van der Waals surface area contributed by atoms with E-state index in [0.29, 0.717) is 0 Å². The summed E-state index contributed by atoms with van der Waals surface area (Å²) >= 11 is 0. The summed E-state index contributed by atoms with van der Waals surface area (Å²) in [6.07, 6.45) is 6.13. The Hall–Kier alpha value is 1.04. The summed E-state index contributed by atoms with van der Waals surface area (Å²) in [7, 11) is 0.383. The van der Waals surface area contributed by atoms with Crippen LogP contribution in [0.3, 0.4) is 0 Å². The number of rotatable bonds is 6. The minimum atomic E-state index is 0.